The van der Waals surface area contributed by atoms with Gasteiger partial charge in [0.25, 0.3) is 5.91 Å². The summed E-state index contributed by atoms with van der Waals surface area (Å²) in [6.45, 7) is 6.71. The van der Waals surface area contributed by atoms with Crippen LogP contribution in [0.3, 0.4) is 0 Å². The Morgan fingerprint density at radius 3 is 2.65 bits per heavy atom. The minimum atomic E-state index is -0.166. The number of piperidine rings is 1. The molecule has 2 amide bonds. The summed E-state index contributed by atoms with van der Waals surface area (Å²) in [6.07, 6.45) is 4.09. The van der Waals surface area contributed by atoms with E-state index in [9.17, 15) is 9.59 Å². The second-order valence-electron chi connectivity index (χ2n) is 9.40. The lowest BCUT2D eigenvalue weighted by molar-refractivity contribution is -0.117. The van der Waals surface area contributed by atoms with Crippen LogP contribution < -0.4 is 15.4 Å². The van der Waals surface area contributed by atoms with E-state index in [1.54, 1.807) is 19.2 Å². The van der Waals surface area contributed by atoms with Crippen molar-refractivity contribution in [2.24, 2.45) is 5.92 Å². The summed E-state index contributed by atoms with van der Waals surface area (Å²) in [4.78, 5) is 30.9. The molecule has 34 heavy (non-hydrogen) atoms. The zero-order valence-corrected chi connectivity index (χ0v) is 20.2. The number of amides is 2. The number of aromatic amines is 1. The largest absolute Gasteiger partial charge is 0.497 e. The van der Waals surface area contributed by atoms with Crippen LogP contribution in [-0.4, -0.2) is 55.0 Å². The Morgan fingerprint density at radius 2 is 1.91 bits per heavy atom. The Labute approximate surface area is 200 Å². The van der Waals surface area contributed by atoms with Crippen molar-refractivity contribution < 1.29 is 14.3 Å². The number of para-hydroxylation sites is 1. The Kier molecular flexibility index (Phi) is 7.53. The maximum Gasteiger partial charge on any atom is 0.253 e. The summed E-state index contributed by atoms with van der Waals surface area (Å²) < 4.78 is 5.40. The predicted molar refractivity (Wildman–Crippen MR) is 136 cm³/mol. The van der Waals surface area contributed by atoms with E-state index in [-0.39, 0.29) is 11.8 Å². The molecule has 2 heterocycles. The van der Waals surface area contributed by atoms with E-state index >= 15 is 0 Å². The number of H-pyrrole nitrogens is 1. The van der Waals surface area contributed by atoms with Gasteiger partial charge in [-0.25, -0.2) is 0 Å². The maximum absolute atomic E-state index is 12.8. The molecule has 3 aromatic rings. The van der Waals surface area contributed by atoms with Gasteiger partial charge in [-0.2, -0.15) is 0 Å². The third kappa shape index (κ3) is 5.59. The monoisotopic (exact) mass is 462 g/mol. The van der Waals surface area contributed by atoms with Crippen LogP contribution >= 0.6 is 0 Å². The van der Waals surface area contributed by atoms with Gasteiger partial charge in [0.1, 0.15) is 5.75 Å². The van der Waals surface area contributed by atoms with Gasteiger partial charge >= 0.3 is 0 Å². The van der Waals surface area contributed by atoms with Crippen molar-refractivity contribution in [3.05, 3.63) is 59.8 Å². The molecule has 1 aliphatic rings. The van der Waals surface area contributed by atoms with E-state index in [0.29, 0.717) is 36.2 Å². The molecule has 4 rings (SSSR count). The highest BCUT2D eigenvalue weighted by Crippen LogP contribution is 2.34. The van der Waals surface area contributed by atoms with E-state index in [0.717, 1.165) is 37.2 Å². The average Bonchev–Trinajstić information content (AvgIpc) is 3.26. The average molecular weight is 463 g/mol. The van der Waals surface area contributed by atoms with Gasteiger partial charge in [0, 0.05) is 23.6 Å². The first-order valence-electron chi connectivity index (χ1n) is 12.0. The highest BCUT2D eigenvalue weighted by Gasteiger charge is 2.24. The number of anilines is 1. The lowest BCUT2D eigenvalue weighted by Crippen LogP contribution is -2.39. The summed E-state index contributed by atoms with van der Waals surface area (Å²) in [5.74, 6) is 1.41. The molecule has 1 saturated heterocycles. The van der Waals surface area contributed by atoms with Crippen molar-refractivity contribution in [3.8, 4) is 5.75 Å². The number of likely N-dealkylation sites (tertiary alicyclic amines) is 1. The summed E-state index contributed by atoms with van der Waals surface area (Å²) in [5, 5.41) is 7.07. The molecule has 180 valence electrons. The second-order valence-corrected chi connectivity index (χ2v) is 9.40. The quantitative estimate of drug-likeness (QED) is 0.464. The molecule has 3 N–H and O–H groups in total. The van der Waals surface area contributed by atoms with E-state index < -0.39 is 0 Å². The van der Waals surface area contributed by atoms with Crippen LogP contribution in [0.25, 0.3) is 10.9 Å². The van der Waals surface area contributed by atoms with E-state index in [1.165, 1.54) is 10.9 Å². The summed E-state index contributed by atoms with van der Waals surface area (Å²) in [5.41, 5.74) is 3.48. The number of hydrogen-bond donors (Lipinski definition) is 3. The Balaban J connectivity index is 1.33. The second kappa shape index (κ2) is 10.7. The van der Waals surface area contributed by atoms with E-state index in [1.807, 2.05) is 32.0 Å². The molecule has 1 aromatic heterocycles. The minimum absolute atomic E-state index is 0.0978. The highest BCUT2D eigenvalue weighted by atomic mass is 16.5. The smallest absolute Gasteiger partial charge is 0.253 e. The van der Waals surface area contributed by atoms with Crippen LogP contribution in [-0.2, 0) is 4.79 Å². The standard InChI is InChI=1S/C27H34N4O3/c1-18(2)15-29-27(33)21-6-4-5-7-25(21)30-26(32)17-31-12-10-19(11-13-31)23-16-28-24-9-8-20(34-3)14-22(23)24/h4-9,14,16,18-19,28H,10-13,15,17H2,1-3H3,(H,29,33)(H,30,32). The molecule has 0 spiro atoms. The maximum atomic E-state index is 12.8. The fourth-order valence-corrected chi connectivity index (χ4v) is 4.56. The molecule has 0 bridgehead atoms. The molecule has 7 nitrogen and oxygen atoms in total. The Bertz CT molecular complexity index is 1150. The minimum Gasteiger partial charge on any atom is -0.497 e. The van der Waals surface area contributed by atoms with Gasteiger partial charge in [0.05, 0.1) is 24.9 Å². The third-order valence-electron chi connectivity index (χ3n) is 6.43. The van der Waals surface area contributed by atoms with Crippen molar-refractivity contribution in [2.45, 2.75) is 32.6 Å². The SMILES string of the molecule is COc1ccc2[nH]cc(C3CCN(CC(=O)Nc4ccccc4C(=O)NCC(C)C)CC3)c2c1. The molecule has 0 aliphatic carbocycles. The van der Waals surface area contributed by atoms with Crippen molar-refractivity contribution >= 4 is 28.4 Å². The van der Waals surface area contributed by atoms with Crippen LogP contribution in [0.1, 0.15) is 48.5 Å². The number of aromatic nitrogens is 1. The predicted octanol–water partition coefficient (Wildman–Crippen LogP) is 4.38. The molecule has 0 atom stereocenters. The zero-order valence-electron chi connectivity index (χ0n) is 20.2. The number of fused-ring (bicyclic) bond motifs is 1. The fraction of sp³-hybridized carbons (Fsp3) is 0.407. The molecule has 7 heteroatoms. The van der Waals surface area contributed by atoms with Gasteiger partial charge in [-0.3, -0.25) is 14.5 Å². The lowest BCUT2D eigenvalue weighted by atomic mass is 9.89. The molecular formula is C27H34N4O3. The molecule has 0 radical (unpaired) electrons. The first-order valence-corrected chi connectivity index (χ1v) is 12.0. The van der Waals surface area contributed by atoms with E-state index in [2.05, 4.69) is 38.8 Å². The molecule has 1 fully saturated rings. The topological polar surface area (TPSA) is 86.5 Å². The number of hydrogen-bond acceptors (Lipinski definition) is 4. The van der Waals surface area contributed by atoms with Crippen LogP contribution in [0.15, 0.2) is 48.7 Å². The van der Waals surface area contributed by atoms with Gasteiger partial charge in [0.15, 0.2) is 0 Å². The molecular weight excluding hydrogens is 428 g/mol. The van der Waals surface area contributed by atoms with Gasteiger partial charge in [0.2, 0.25) is 5.91 Å². The summed E-state index contributed by atoms with van der Waals surface area (Å²) in [6, 6.07) is 13.3. The number of benzene rings is 2. The van der Waals surface area contributed by atoms with Crippen molar-refractivity contribution in [1.29, 1.82) is 0 Å². The molecule has 0 saturated carbocycles. The fourth-order valence-electron chi connectivity index (χ4n) is 4.56. The summed E-state index contributed by atoms with van der Waals surface area (Å²) in [7, 11) is 1.69. The number of carbonyl (C=O) groups excluding carboxylic acids is 2. The van der Waals surface area contributed by atoms with Crippen molar-refractivity contribution in [3.63, 3.8) is 0 Å². The van der Waals surface area contributed by atoms with Gasteiger partial charge in [-0.1, -0.05) is 26.0 Å². The van der Waals surface area contributed by atoms with E-state index in [4.69, 9.17) is 4.74 Å². The van der Waals surface area contributed by atoms with Gasteiger partial charge in [-0.15, -0.1) is 0 Å². The number of ether oxygens (including phenoxy) is 1. The Morgan fingerprint density at radius 1 is 1.15 bits per heavy atom. The van der Waals surface area contributed by atoms with Crippen molar-refractivity contribution in [1.82, 2.24) is 15.2 Å². The Hall–Kier alpha value is -3.32. The van der Waals surface area contributed by atoms with Crippen molar-refractivity contribution in [2.75, 3.05) is 38.6 Å². The zero-order chi connectivity index (χ0) is 24.1. The molecule has 0 unspecified atom stereocenters. The van der Waals surface area contributed by atoms with Crippen LogP contribution in [0, 0.1) is 5.92 Å². The van der Waals surface area contributed by atoms with Gasteiger partial charge in [-0.05, 0) is 73.7 Å². The first-order chi connectivity index (χ1) is 16.4. The normalized spacial score (nSPS) is 14.9. The first kappa shape index (κ1) is 23.8. The van der Waals surface area contributed by atoms with Crippen LogP contribution in [0.4, 0.5) is 5.69 Å². The molecule has 2 aromatic carbocycles. The van der Waals surface area contributed by atoms with Crippen LogP contribution in [0.5, 0.6) is 5.75 Å². The number of carbonyl (C=O) groups is 2. The summed E-state index contributed by atoms with van der Waals surface area (Å²) >= 11 is 0. The molecule has 1 aliphatic heterocycles. The van der Waals surface area contributed by atoms with Gasteiger partial charge < -0.3 is 20.4 Å². The number of rotatable bonds is 8. The van der Waals surface area contributed by atoms with Crippen LogP contribution in [0.2, 0.25) is 0 Å². The number of methoxy groups -OCH3 is 1. The number of nitrogens with one attached hydrogen (secondary N) is 3. The third-order valence-corrected chi connectivity index (χ3v) is 6.43. The highest BCUT2D eigenvalue weighted by molar-refractivity contribution is 6.04. The lowest BCUT2D eigenvalue weighted by Gasteiger charge is -2.31. The number of nitrogens with zero attached hydrogens (tertiary/aromatic N) is 1.